The Labute approximate surface area is 77.7 Å². The molecule has 0 N–H and O–H groups in total. The number of fused-ring (bicyclic) bond motifs is 1. The van der Waals surface area contributed by atoms with E-state index in [2.05, 4.69) is 18.8 Å². The van der Waals surface area contributed by atoms with Gasteiger partial charge in [-0.2, -0.15) is 0 Å². The monoisotopic (exact) mass is 179 g/mol. The number of hydrogen-bond acceptors (Lipinski definition) is 3. The van der Waals surface area contributed by atoms with E-state index in [0.29, 0.717) is 18.6 Å². The molecule has 1 aromatic heterocycles. The van der Waals surface area contributed by atoms with Crippen molar-refractivity contribution in [1.82, 2.24) is 4.98 Å². The average molecular weight is 179 g/mol. The summed E-state index contributed by atoms with van der Waals surface area (Å²) in [5, 5.41) is 0. The second kappa shape index (κ2) is 3.24. The van der Waals surface area contributed by atoms with Gasteiger partial charge in [-0.3, -0.25) is 0 Å². The van der Waals surface area contributed by atoms with Gasteiger partial charge in [-0.25, -0.2) is 4.98 Å². The molecule has 1 aliphatic rings. The number of ether oxygens (including phenoxy) is 2. The Morgan fingerprint density at radius 2 is 2.38 bits per heavy atom. The molecular formula is C10H13NO2. The lowest BCUT2D eigenvalue weighted by molar-refractivity contribution is 0.171. The molecule has 0 spiro atoms. The third-order valence-corrected chi connectivity index (χ3v) is 2.43. The van der Waals surface area contributed by atoms with Crippen LogP contribution in [0.15, 0.2) is 12.3 Å². The maximum atomic E-state index is 5.25. The maximum Gasteiger partial charge on any atom is 0.260 e. The van der Waals surface area contributed by atoms with Gasteiger partial charge in [-0.05, 0) is 24.0 Å². The molecule has 1 aromatic rings. The van der Waals surface area contributed by atoms with Crippen LogP contribution in [0.4, 0.5) is 0 Å². The summed E-state index contributed by atoms with van der Waals surface area (Å²) in [5.74, 6) is 1.92. The molecule has 70 valence electrons. The minimum atomic E-state index is 0.298. The lowest BCUT2D eigenvalue weighted by Crippen LogP contribution is -1.93. The van der Waals surface area contributed by atoms with Crippen molar-refractivity contribution in [2.45, 2.75) is 26.2 Å². The van der Waals surface area contributed by atoms with Crippen LogP contribution in [0, 0.1) is 0 Å². The molecule has 3 heteroatoms. The molecule has 0 saturated heterocycles. The van der Waals surface area contributed by atoms with E-state index in [0.717, 1.165) is 12.2 Å². The standard InChI is InChI=1S/C10H13NO2/c1-3-7(2)8-4-9-10(11-5-8)13-6-12-9/h4-5,7H,3,6H2,1-2H3. The van der Waals surface area contributed by atoms with Crippen LogP contribution in [-0.2, 0) is 0 Å². The second-order valence-corrected chi connectivity index (χ2v) is 3.29. The van der Waals surface area contributed by atoms with Gasteiger partial charge in [0.25, 0.3) is 5.88 Å². The Morgan fingerprint density at radius 3 is 3.15 bits per heavy atom. The van der Waals surface area contributed by atoms with Crippen LogP contribution in [0.2, 0.25) is 0 Å². The molecule has 0 saturated carbocycles. The van der Waals surface area contributed by atoms with Crippen molar-refractivity contribution in [3.05, 3.63) is 17.8 Å². The molecule has 0 radical (unpaired) electrons. The topological polar surface area (TPSA) is 31.4 Å². The first kappa shape index (κ1) is 8.35. The summed E-state index contributed by atoms with van der Waals surface area (Å²) in [6.45, 7) is 4.64. The predicted octanol–water partition coefficient (Wildman–Crippen LogP) is 2.32. The van der Waals surface area contributed by atoms with E-state index in [1.54, 1.807) is 0 Å². The molecule has 0 amide bonds. The second-order valence-electron chi connectivity index (χ2n) is 3.29. The Morgan fingerprint density at radius 1 is 1.54 bits per heavy atom. The number of aromatic nitrogens is 1. The van der Waals surface area contributed by atoms with Crippen LogP contribution in [-0.4, -0.2) is 11.8 Å². The molecule has 1 unspecified atom stereocenters. The molecule has 1 atom stereocenters. The summed E-state index contributed by atoms with van der Waals surface area (Å²) in [6, 6.07) is 2.02. The highest BCUT2D eigenvalue weighted by Gasteiger charge is 2.16. The normalized spacial score (nSPS) is 15.8. The zero-order chi connectivity index (χ0) is 9.26. The van der Waals surface area contributed by atoms with Gasteiger partial charge >= 0.3 is 0 Å². The van der Waals surface area contributed by atoms with Crippen molar-refractivity contribution < 1.29 is 9.47 Å². The third-order valence-electron chi connectivity index (χ3n) is 2.43. The SMILES string of the molecule is CCC(C)c1cnc2c(c1)OCO2. The van der Waals surface area contributed by atoms with Gasteiger partial charge in [0.2, 0.25) is 6.79 Å². The fourth-order valence-electron chi connectivity index (χ4n) is 1.31. The summed E-state index contributed by atoms with van der Waals surface area (Å²) < 4.78 is 10.4. The Bertz CT molecular complexity index is 312. The van der Waals surface area contributed by atoms with Crippen LogP contribution >= 0.6 is 0 Å². The van der Waals surface area contributed by atoms with E-state index in [9.17, 15) is 0 Å². The molecule has 1 aliphatic heterocycles. The predicted molar refractivity (Wildman–Crippen MR) is 49.1 cm³/mol. The number of pyridine rings is 1. The smallest absolute Gasteiger partial charge is 0.260 e. The van der Waals surface area contributed by atoms with Gasteiger partial charge in [-0.15, -0.1) is 0 Å². The highest BCUT2D eigenvalue weighted by Crippen LogP contribution is 2.32. The number of nitrogens with zero attached hydrogens (tertiary/aromatic N) is 1. The summed E-state index contributed by atoms with van der Waals surface area (Å²) in [7, 11) is 0. The Hall–Kier alpha value is -1.25. The Kier molecular flexibility index (Phi) is 2.08. The van der Waals surface area contributed by atoms with Gasteiger partial charge < -0.3 is 9.47 Å². The minimum absolute atomic E-state index is 0.298. The third kappa shape index (κ3) is 1.46. The van der Waals surface area contributed by atoms with Crippen molar-refractivity contribution in [3.8, 4) is 11.6 Å². The summed E-state index contributed by atoms with van der Waals surface area (Å²) in [6.07, 6.45) is 2.98. The first-order chi connectivity index (χ1) is 6.31. The zero-order valence-corrected chi connectivity index (χ0v) is 7.91. The molecule has 0 aliphatic carbocycles. The molecule has 0 fully saturated rings. The summed E-state index contributed by atoms with van der Waals surface area (Å²) in [5.41, 5.74) is 1.21. The molecule has 0 bridgehead atoms. The van der Waals surface area contributed by atoms with Gasteiger partial charge in [0.15, 0.2) is 5.75 Å². The molecule has 2 heterocycles. The number of hydrogen-bond donors (Lipinski definition) is 0. The Balaban J connectivity index is 2.30. The van der Waals surface area contributed by atoms with E-state index in [4.69, 9.17) is 9.47 Å². The first-order valence-electron chi connectivity index (χ1n) is 4.56. The molecule has 0 aromatic carbocycles. The molecule has 2 rings (SSSR count). The van der Waals surface area contributed by atoms with E-state index in [1.807, 2.05) is 12.3 Å². The highest BCUT2D eigenvalue weighted by molar-refractivity contribution is 5.38. The summed E-state index contributed by atoms with van der Waals surface area (Å²) >= 11 is 0. The van der Waals surface area contributed by atoms with Crippen LogP contribution in [0.3, 0.4) is 0 Å². The van der Waals surface area contributed by atoms with Crippen LogP contribution in [0.1, 0.15) is 31.7 Å². The van der Waals surface area contributed by atoms with Crippen molar-refractivity contribution in [3.63, 3.8) is 0 Å². The maximum absolute atomic E-state index is 5.25. The largest absolute Gasteiger partial charge is 0.452 e. The van der Waals surface area contributed by atoms with Crippen molar-refractivity contribution >= 4 is 0 Å². The van der Waals surface area contributed by atoms with Crippen molar-refractivity contribution in [2.24, 2.45) is 0 Å². The van der Waals surface area contributed by atoms with Crippen molar-refractivity contribution in [1.29, 1.82) is 0 Å². The average Bonchev–Trinajstić information content (AvgIpc) is 2.63. The van der Waals surface area contributed by atoms with Gasteiger partial charge in [0.05, 0.1) is 0 Å². The molecular weight excluding hydrogens is 166 g/mol. The van der Waals surface area contributed by atoms with Crippen LogP contribution in [0.25, 0.3) is 0 Å². The molecule has 13 heavy (non-hydrogen) atoms. The van der Waals surface area contributed by atoms with E-state index < -0.39 is 0 Å². The lowest BCUT2D eigenvalue weighted by atomic mass is 10.0. The van der Waals surface area contributed by atoms with Gasteiger partial charge in [-0.1, -0.05) is 13.8 Å². The van der Waals surface area contributed by atoms with E-state index in [1.165, 1.54) is 5.56 Å². The van der Waals surface area contributed by atoms with Crippen LogP contribution < -0.4 is 9.47 Å². The quantitative estimate of drug-likeness (QED) is 0.698. The fourth-order valence-corrected chi connectivity index (χ4v) is 1.31. The fraction of sp³-hybridized carbons (Fsp3) is 0.500. The first-order valence-corrected chi connectivity index (χ1v) is 4.56. The number of rotatable bonds is 2. The highest BCUT2D eigenvalue weighted by atomic mass is 16.7. The zero-order valence-electron chi connectivity index (χ0n) is 7.91. The summed E-state index contributed by atoms with van der Waals surface area (Å²) in [4.78, 5) is 4.18. The van der Waals surface area contributed by atoms with Crippen molar-refractivity contribution in [2.75, 3.05) is 6.79 Å². The minimum Gasteiger partial charge on any atom is -0.452 e. The van der Waals surface area contributed by atoms with Gasteiger partial charge in [0, 0.05) is 6.20 Å². The molecule has 3 nitrogen and oxygen atoms in total. The lowest BCUT2D eigenvalue weighted by Gasteiger charge is -2.08. The van der Waals surface area contributed by atoms with Gasteiger partial charge in [0.1, 0.15) is 0 Å². The van der Waals surface area contributed by atoms with Crippen LogP contribution in [0.5, 0.6) is 11.6 Å². The van der Waals surface area contributed by atoms with E-state index in [-0.39, 0.29) is 0 Å². The van der Waals surface area contributed by atoms with E-state index >= 15 is 0 Å².